The Kier molecular flexibility index (Phi) is 7.55. The average Bonchev–Trinajstić information content (AvgIpc) is 2.67. The van der Waals surface area contributed by atoms with Gasteiger partial charge >= 0.3 is 0 Å². The number of hydrogen-bond acceptors (Lipinski definition) is 4. The number of ether oxygens (including phenoxy) is 3. The zero-order valence-corrected chi connectivity index (χ0v) is 15.5. The Morgan fingerprint density at radius 2 is 1.88 bits per heavy atom. The van der Waals surface area contributed by atoms with Gasteiger partial charge in [-0.1, -0.05) is 31.5 Å². The van der Waals surface area contributed by atoms with Crippen molar-refractivity contribution >= 4 is 17.7 Å². The number of methoxy groups -OCH3 is 2. The summed E-state index contributed by atoms with van der Waals surface area (Å²) in [6, 6.07) is 12.9. The molecule has 1 N–H and O–H groups in total. The van der Waals surface area contributed by atoms with Gasteiger partial charge in [0.1, 0.15) is 17.2 Å². The van der Waals surface area contributed by atoms with Crippen LogP contribution in [0.3, 0.4) is 0 Å². The van der Waals surface area contributed by atoms with Crippen LogP contribution in [-0.4, -0.2) is 26.7 Å². The highest BCUT2D eigenvalue weighted by molar-refractivity contribution is 6.03. The molecule has 0 heterocycles. The van der Waals surface area contributed by atoms with Gasteiger partial charge in [0.15, 0.2) is 0 Å². The highest BCUT2D eigenvalue weighted by atomic mass is 16.5. The van der Waals surface area contributed by atoms with E-state index in [0.717, 1.165) is 24.2 Å². The Balaban J connectivity index is 2.08. The summed E-state index contributed by atoms with van der Waals surface area (Å²) in [6.45, 7) is 2.78. The third kappa shape index (κ3) is 5.55. The number of benzene rings is 2. The third-order valence-electron chi connectivity index (χ3n) is 3.75. The summed E-state index contributed by atoms with van der Waals surface area (Å²) in [4.78, 5) is 12.3. The van der Waals surface area contributed by atoms with Crippen molar-refractivity contribution in [3.8, 4) is 17.2 Å². The Hall–Kier alpha value is -2.95. The van der Waals surface area contributed by atoms with E-state index in [1.165, 1.54) is 6.08 Å². The summed E-state index contributed by atoms with van der Waals surface area (Å²) in [5.74, 6) is 1.71. The molecule has 0 aromatic heterocycles. The van der Waals surface area contributed by atoms with Crippen LogP contribution in [0, 0.1) is 0 Å². The van der Waals surface area contributed by atoms with Crippen molar-refractivity contribution in [3.63, 3.8) is 0 Å². The molecule has 1 amide bonds. The Morgan fingerprint density at radius 1 is 1.08 bits per heavy atom. The first-order valence-corrected chi connectivity index (χ1v) is 8.60. The zero-order chi connectivity index (χ0) is 18.8. The van der Waals surface area contributed by atoms with Gasteiger partial charge in [-0.05, 0) is 30.7 Å². The second-order valence-corrected chi connectivity index (χ2v) is 5.63. The molecule has 0 radical (unpaired) electrons. The summed E-state index contributed by atoms with van der Waals surface area (Å²) in [7, 11) is 3.12. The number of carbonyl (C=O) groups is 1. The Labute approximate surface area is 154 Å². The molecule has 2 rings (SSSR count). The lowest BCUT2D eigenvalue weighted by molar-refractivity contribution is -0.111. The van der Waals surface area contributed by atoms with Gasteiger partial charge in [0.05, 0.1) is 26.5 Å². The first-order valence-electron chi connectivity index (χ1n) is 8.60. The lowest BCUT2D eigenvalue weighted by atomic mass is 10.2. The van der Waals surface area contributed by atoms with E-state index in [-0.39, 0.29) is 5.91 Å². The molecular formula is C21H25NO4. The highest BCUT2D eigenvalue weighted by Gasteiger charge is 2.08. The number of rotatable bonds is 9. The molecule has 5 heteroatoms. The van der Waals surface area contributed by atoms with Gasteiger partial charge in [0.2, 0.25) is 5.91 Å². The number of para-hydroxylation sites is 1. The number of anilines is 1. The number of nitrogens with one attached hydrogen (secondary N) is 1. The molecule has 0 aliphatic carbocycles. The topological polar surface area (TPSA) is 56.8 Å². The minimum Gasteiger partial charge on any atom is -0.497 e. The molecule has 0 aliphatic rings. The van der Waals surface area contributed by atoms with E-state index in [9.17, 15) is 4.79 Å². The average molecular weight is 355 g/mol. The number of hydrogen-bond donors (Lipinski definition) is 1. The molecule has 5 nitrogen and oxygen atoms in total. The lowest BCUT2D eigenvalue weighted by Gasteiger charge is -2.11. The largest absolute Gasteiger partial charge is 0.497 e. The summed E-state index contributed by atoms with van der Waals surface area (Å²) < 4.78 is 16.2. The molecule has 0 spiro atoms. The predicted molar refractivity (Wildman–Crippen MR) is 104 cm³/mol. The fourth-order valence-electron chi connectivity index (χ4n) is 2.33. The molecule has 138 valence electrons. The molecule has 26 heavy (non-hydrogen) atoms. The number of unbranched alkanes of at least 4 members (excludes halogenated alkanes) is 1. The van der Waals surface area contributed by atoms with Crippen LogP contribution in [0.1, 0.15) is 25.3 Å². The van der Waals surface area contributed by atoms with E-state index in [1.54, 1.807) is 38.5 Å². The number of amides is 1. The van der Waals surface area contributed by atoms with Crippen molar-refractivity contribution in [2.75, 3.05) is 26.1 Å². The van der Waals surface area contributed by atoms with Gasteiger partial charge in [-0.2, -0.15) is 0 Å². The predicted octanol–water partition coefficient (Wildman–Crippen LogP) is 4.53. The van der Waals surface area contributed by atoms with Crippen molar-refractivity contribution in [2.45, 2.75) is 19.8 Å². The summed E-state index contributed by atoms with van der Waals surface area (Å²) in [5.41, 5.74) is 1.41. The van der Waals surface area contributed by atoms with Gasteiger partial charge in [-0.15, -0.1) is 0 Å². The van der Waals surface area contributed by atoms with Crippen LogP contribution in [0.4, 0.5) is 5.69 Å². The first-order chi connectivity index (χ1) is 12.7. The Bertz CT molecular complexity index is 755. The Morgan fingerprint density at radius 3 is 2.62 bits per heavy atom. The molecule has 0 fully saturated rings. The van der Waals surface area contributed by atoms with Crippen molar-refractivity contribution < 1.29 is 19.0 Å². The van der Waals surface area contributed by atoms with Crippen molar-refractivity contribution in [2.24, 2.45) is 0 Å². The fourth-order valence-corrected chi connectivity index (χ4v) is 2.33. The van der Waals surface area contributed by atoms with Gasteiger partial charge in [-0.25, -0.2) is 0 Å². The highest BCUT2D eigenvalue weighted by Crippen LogP contribution is 2.29. The van der Waals surface area contributed by atoms with E-state index in [1.807, 2.05) is 24.3 Å². The molecule has 0 bridgehead atoms. The SMILES string of the molecule is CCCCOc1ccccc1/C=C/C(=O)Nc1cc(OC)ccc1OC. The van der Waals surface area contributed by atoms with Gasteiger partial charge in [0.25, 0.3) is 0 Å². The van der Waals surface area contributed by atoms with Crippen molar-refractivity contribution in [1.29, 1.82) is 0 Å². The van der Waals surface area contributed by atoms with Crippen LogP contribution in [0.5, 0.6) is 17.2 Å². The van der Waals surface area contributed by atoms with Crippen LogP contribution in [0.15, 0.2) is 48.5 Å². The molecule has 0 saturated heterocycles. The van der Waals surface area contributed by atoms with Gasteiger partial charge < -0.3 is 19.5 Å². The van der Waals surface area contributed by atoms with E-state index in [2.05, 4.69) is 12.2 Å². The minimum atomic E-state index is -0.264. The van der Waals surface area contributed by atoms with Crippen LogP contribution in [-0.2, 0) is 4.79 Å². The molecule has 0 unspecified atom stereocenters. The van der Waals surface area contributed by atoms with E-state index >= 15 is 0 Å². The fraction of sp³-hybridized carbons (Fsp3) is 0.286. The van der Waals surface area contributed by atoms with Crippen LogP contribution in [0.25, 0.3) is 6.08 Å². The van der Waals surface area contributed by atoms with Crippen molar-refractivity contribution in [3.05, 3.63) is 54.1 Å². The number of carbonyl (C=O) groups excluding carboxylic acids is 1. The van der Waals surface area contributed by atoms with E-state index in [4.69, 9.17) is 14.2 Å². The molecule has 0 atom stereocenters. The maximum atomic E-state index is 12.3. The standard InChI is InChI=1S/C21H25NO4/c1-4-5-14-26-19-9-7-6-8-16(19)10-13-21(23)22-18-15-17(24-2)11-12-20(18)25-3/h6-13,15H,4-5,14H2,1-3H3,(H,22,23)/b13-10+. The quantitative estimate of drug-likeness (QED) is 0.530. The molecule has 2 aromatic rings. The molecule has 0 saturated carbocycles. The van der Waals surface area contributed by atoms with Gasteiger partial charge in [0, 0.05) is 17.7 Å². The van der Waals surface area contributed by atoms with E-state index < -0.39 is 0 Å². The van der Waals surface area contributed by atoms with Crippen LogP contribution < -0.4 is 19.5 Å². The smallest absolute Gasteiger partial charge is 0.248 e. The van der Waals surface area contributed by atoms with Crippen molar-refractivity contribution in [1.82, 2.24) is 0 Å². The maximum Gasteiger partial charge on any atom is 0.248 e. The third-order valence-corrected chi connectivity index (χ3v) is 3.75. The second kappa shape index (κ2) is 10.1. The lowest BCUT2D eigenvalue weighted by Crippen LogP contribution is -2.09. The van der Waals surface area contributed by atoms with Crippen LogP contribution >= 0.6 is 0 Å². The maximum absolute atomic E-state index is 12.3. The molecular weight excluding hydrogens is 330 g/mol. The summed E-state index contributed by atoms with van der Waals surface area (Å²) in [5, 5.41) is 2.81. The molecule has 0 aliphatic heterocycles. The van der Waals surface area contributed by atoms with E-state index in [0.29, 0.717) is 23.8 Å². The van der Waals surface area contributed by atoms with Crippen LogP contribution in [0.2, 0.25) is 0 Å². The minimum absolute atomic E-state index is 0.264. The normalized spacial score (nSPS) is 10.6. The monoisotopic (exact) mass is 355 g/mol. The summed E-state index contributed by atoms with van der Waals surface area (Å²) in [6.07, 6.45) is 5.28. The first kappa shape index (κ1) is 19.4. The van der Waals surface area contributed by atoms with Gasteiger partial charge in [-0.3, -0.25) is 4.79 Å². The summed E-state index contributed by atoms with van der Waals surface area (Å²) >= 11 is 0. The second-order valence-electron chi connectivity index (χ2n) is 5.63. The zero-order valence-electron chi connectivity index (χ0n) is 15.5. The molecule has 2 aromatic carbocycles.